The first-order valence-corrected chi connectivity index (χ1v) is 4.60. The first-order chi connectivity index (χ1) is 5.26. The number of hydrogen-bond acceptors (Lipinski definition) is 2. The molecule has 0 amide bonds. The predicted molar refractivity (Wildman–Crippen MR) is 51.6 cm³/mol. The Morgan fingerprint density at radius 3 is 2.64 bits per heavy atom. The van der Waals surface area contributed by atoms with Crippen LogP contribution in [0.4, 0.5) is 0 Å². The maximum absolute atomic E-state index is 11.0. The first kappa shape index (κ1) is 10.6. The van der Waals surface area contributed by atoms with Crippen molar-refractivity contribution in [2.75, 3.05) is 12.4 Å². The molecule has 0 aromatic carbocycles. The molecular formula is C8H12BrNO. The molecular weight excluding hydrogens is 206 g/mol. The van der Waals surface area contributed by atoms with Crippen molar-refractivity contribution >= 4 is 27.4 Å². The summed E-state index contributed by atoms with van der Waals surface area (Å²) in [7, 11) is 1.62. The van der Waals surface area contributed by atoms with Crippen LogP contribution in [0.15, 0.2) is 17.1 Å². The fourth-order valence-electron chi connectivity index (χ4n) is 0.590. The molecule has 0 atom stereocenters. The SMILES string of the molecule is CC/C=C\C(=NC)C(=O)CBr. The van der Waals surface area contributed by atoms with Gasteiger partial charge in [-0.05, 0) is 12.5 Å². The van der Waals surface area contributed by atoms with Crippen molar-refractivity contribution in [1.82, 2.24) is 0 Å². The van der Waals surface area contributed by atoms with Gasteiger partial charge in [-0.1, -0.05) is 28.9 Å². The Bertz CT molecular complexity index is 185. The monoisotopic (exact) mass is 217 g/mol. The van der Waals surface area contributed by atoms with Gasteiger partial charge >= 0.3 is 0 Å². The van der Waals surface area contributed by atoms with Gasteiger partial charge in [-0.3, -0.25) is 9.79 Å². The molecule has 2 nitrogen and oxygen atoms in total. The molecule has 0 radical (unpaired) electrons. The van der Waals surface area contributed by atoms with Crippen molar-refractivity contribution in [3.63, 3.8) is 0 Å². The Morgan fingerprint density at radius 1 is 1.64 bits per heavy atom. The van der Waals surface area contributed by atoms with E-state index < -0.39 is 0 Å². The fourth-order valence-corrected chi connectivity index (χ4v) is 0.877. The van der Waals surface area contributed by atoms with Crippen LogP contribution in [0.1, 0.15) is 13.3 Å². The summed E-state index contributed by atoms with van der Waals surface area (Å²) in [4.78, 5) is 14.9. The number of hydrogen-bond donors (Lipinski definition) is 0. The van der Waals surface area contributed by atoms with Crippen molar-refractivity contribution < 1.29 is 4.79 Å². The van der Waals surface area contributed by atoms with Gasteiger partial charge in [0.05, 0.1) is 5.33 Å². The second kappa shape index (κ2) is 6.28. The molecule has 0 aromatic rings. The third kappa shape index (κ3) is 4.09. The van der Waals surface area contributed by atoms with E-state index in [4.69, 9.17) is 0 Å². The maximum atomic E-state index is 11.0. The molecule has 0 N–H and O–H groups in total. The molecule has 0 aliphatic carbocycles. The number of Topliss-reactive ketones (excluding diaryl/α,β-unsaturated/α-hetero) is 1. The van der Waals surface area contributed by atoms with Crippen LogP contribution in [-0.4, -0.2) is 23.9 Å². The summed E-state index contributed by atoms with van der Waals surface area (Å²) in [6.07, 6.45) is 4.60. The third-order valence-electron chi connectivity index (χ3n) is 1.16. The molecule has 0 bridgehead atoms. The minimum atomic E-state index is 0.0252. The average Bonchev–Trinajstić information content (AvgIpc) is 2.05. The van der Waals surface area contributed by atoms with Gasteiger partial charge in [0.25, 0.3) is 0 Å². The molecule has 0 aliphatic heterocycles. The number of ketones is 1. The first-order valence-electron chi connectivity index (χ1n) is 3.48. The zero-order valence-corrected chi connectivity index (χ0v) is 8.39. The van der Waals surface area contributed by atoms with Gasteiger partial charge in [0.1, 0.15) is 5.71 Å². The van der Waals surface area contributed by atoms with Crippen molar-refractivity contribution in [2.24, 2.45) is 4.99 Å². The predicted octanol–water partition coefficient (Wildman–Crippen LogP) is 1.99. The molecule has 0 rings (SSSR count). The summed E-state index contributed by atoms with van der Waals surface area (Å²) in [5, 5.41) is 0.341. The molecule has 0 aromatic heterocycles. The lowest BCUT2D eigenvalue weighted by Crippen LogP contribution is -2.12. The van der Waals surface area contributed by atoms with Crippen LogP contribution < -0.4 is 0 Å². The molecule has 0 heterocycles. The van der Waals surface area contributed by atoms with Crippen LogP contribution in [0.2, 0.25) is 0 Å². The Kier molecular flexibility index (Phi) is 6.03. The molecule has 11 heavy (non-hydrogen) atoms. The molecule has 62 valence electrons. The van der Waals surface area contributed by atoms with E-state index in [-0.39, 0.29) is 5.78 Å². The number of rotatable bonds is 4. The molecule has 0 aliphatic rings. The summed E-state index contributed by atoms with van der Waals surface area (Å²) < 4.78 is 0. The summed E-state index contributed by atoms with van der Waals surface area (Å²) in [6.45, 7) is 2.02. The highest BCUT2D eigenvalue weighted by Crippen LogP contribution is 1.91. The van der Waals surface area contributed by atoms with Crippen LogP contribution in [0.5, 0.6) is 0 Å². The molecule has 0 fully saturated rings. The van der Waals surface area contributed by atoms with Gasteiger partial charge in [-0.2, -0.15) is 0 Å². The normalized spacial score (nSPS) is 12.5. The fraction of sp³-hybridized carbons (Fsp3) is 0.500. The van der Waals surface area contributed by atoms with Crippen molar-refractivity contribution in [2.45, 2.75) is 13.3 Å². The van der Waals surface area contributed by atoms with E-state index in [0.29, 0.717) is 11.0 Å². The highest BCUT2D eigenvalue weighted by Gasteiger charge is 2.03. The zero-order valence-electron chi connectivity index (χ0n) is 6.80. The zero-order chi connectivity index (χ0) is 8.69. The van der Waals surface area contributed by atoms with Crippen LogP contribution >= 0.6 is 15.9 Å². The number of halogens is 1. The molecule has 0 spiro atoms. The number of allylic oxidation sites excluding steroid dienone is 2. The quantitative estimate of drug-likeness (QED) is 0.524. The highest BCUT2D eigenvalue weighted by molar-refractivity contribution is 9.09. The standard InChI is InChI=1S/C8H12BrNO/c1-3-4-5-7(10-2)8(11)6-9/h4-5H,3,6H2,1-2H3/b5-4-,10-7?. The van der Waals surface area contributed by atoms with Gasteiger partial charge in [-0.25, -0.2) is 0 Å². The minimum absolute atomic E-state index is 0.0252. The van der Waals surface area contributed by atoms with Crippen LogP contribution in [0.3, 0.4) is 0 Å². The Morgan fingerprint density at radius 2 is 2.27 bits per heavy atom. The van der Waals surface area contributed by atoms with Gasteiger partial charge < -0.3 is 0 Å². The van der Waals surface area contributed by atoms with E-state index >= 15 is 0 Å². The van der Waals surface area contributed by atoms with Gasteiger partial charge in [0.15, 0.2) is 5.78 Å². The molecule has 0 unspecified atom stereocenters. The Balaban J connectivity index is 4.19. The van der Waals surface area contributed by atoms with E-state index in [0.717, 1.165) is 6.42 Å². The number of alkyl halides is 1. The van der Waals surface area contributed by atoms with Gasteiger partial charge in [0, 0.05) is 7.05 Å². The summed E-state index contributed by atoms with van der Waals surface area (Å²) >= 11 is 3.08. The van der Waals surface area contributed by atoms with E-state index in [1.54, 1.807) is 13.1 Å². The number of aliphatic imine (C=N–C) groups is 1. The van der Waals surface area contributed by atoms with Crippen LogP contribution in [0, 0.1) is 0 Å². The summed E-state index contributed by atoms with van der Waals surface area (Å²) in [5.74, 6) is 0.0252. The average molecular weight is 218 g/mol. The van der Waals surface area contributed by atoms with Crippen molar-refractivity contribution in [1.29, 1.82) is 0 Å². The largest absolute Gasteiger partial charge is 0.292 e. The second-order valence-corrected chi connectivity index (χ2v) is 2.54. The molecule has 0 saturated heterocycles. The van der Waals surface area contributed by atoms with Crippen molar-refractivity contribution in [3.8, 4) is 0 Å². The minimum Gasteiger partial charge on any atom is -0.292 e. The molecule has 3 heteroatoms. The number of carbonyl (C=O) groups is 1. The van der Waals surface area contributed by atoms with Crippen LogP contribution in [-0.2, 0) is 4.79 Å². The van der Waals surface area contributed by atoms with Crippen LogP contribution in [0.25, 0.3) is 0 Å². The number of nitrogens with zero attached hydrogens (tertiary/aromatic N) is 1. The van der Waals surface area contributed by atoms with E-state index in [1.807, 2.05) is 13.0 Å². The maximum Gasteiger partial charge on any atom is 0.191 e. The van der Waals surface area contributed by atoms with E-state index in [1.165, 1.54) is 0 Å². The summed E-state index contributed by atoms with van der Waals surface area (Å²) in [5.41, 5.74) is 0.531. The summed E-state index contributed by atoms with van der Waals surface area (Å²) in [6, 6.07) is 0. The van der Waals surface area contributed by atoms with E-state index in [2.05, 4.69) is 20.9 Å². The van der Waals surface area contributed by atoms with Crippen molar-refractivity contribution in [3.05, 3.63) is 12.2 Å². The second-order valence-electron chi connectivity index (χ2n) is 1.98. The van der Waals surface area contributed by atoms with Gasteiger partial charge in [0.2, 0.25) is 0 Å². The molecule has 0 saturated carbocycles. The highest BCUT2D eigenvalue weighted by atomic mass is 79.9. The van der Waals surface area contributed by atoms with Gasteiger partial charge in [-0.15, -0.1) is 0 Å². The lowest BCUT2D eigenvalue weighted by Gasteiger charge is -1.93. The Labute approximate surface area is 75.5 Å². The topological polar surface area (TPSA) is 29.4 Å². The number of carbonyl (C=O) groups excluding carboxylic acids is 1. The smallest absolute Gasteiger partial charge is 0.191 e. The lowest BCUT2D eigenvalue weighted by atomic mass is 10.2. The Hall–Kier alpha value is -0.440. The lowest BCUT2D eigenvalue weighted by molar-refractivity contribution is -0.110. The van der Waals surface area contributed by atoms with E-state index in [9.17, 15) is 4.79 Å². The third-order valence-corrected chi connectivity index (χ3v) is 1.67.